The van der Waals surface area contributed by atoms with Crippen LogP contribution in [0.4, 0.5) is 13.2 Å². The molecule has 0 aromatic carbocycles. The fourth-order valence-corrected chi connectivity index (χ4v) is 5.48. The van der Waals surface area contributed by atoms with Crippen molar-refractivity contribution < 1.29 is 33.0 Å². The quantitative estimate of drug-likeness (QED) is 0.535. The maximum Gasteiger partial charge on any atom is 0.391 e. The Balaban J connectivity index is 1.46. The standard InChI is InChI=1S/C24H36F3N5O4/c1-22(2,3)19(32-12-17(29-30-32)14-6-7-14)21(35)31-11-16(33)9-18(31)20(34)28-13-23(36)8-4-5-15(10-23)24(25,26)27/h12,14-16,18-19,33,36H,4-11,13H2,1-3H3,(H,28,34)/t15?,16?,18?,19-,23?/m1/s1. The summed E-state index contributed by atoms with van der Waals surface area (Å²) in [5.41, 5.74) is -1.43. The van der Waals surface area contributed by atoms with Gasteiger partial charge in [0.05, 0.1) is 23.3 Å². The number of aliphatic hydroxyl groups is 2. The summed E-state index contributed by atoms with van der Waals surface area (Å²) in [4.78, 5) is 28.2. The maximum atomic E-state index is 13.7. The Morgan fingerprint density at radius 2 is 1.94 bits per heavy atom. The number of likely N-dealkylation sites (tertiary alicyclic amines) is 1. The predicted molar refractivity (Wildman–Crippen MR) is 123 cm³/mol. The molecule has 4 unspecified atom stereocenters. The summed E-state index contributed by atoms with van der Waals surface area (Å²) in [5.74, 6) is -2.26. The molecule has 3 N–H and O–H groups in total. The highest BCUT2D eigenvalue weighted by molar-refractivity contribution is 5.90. The Morgan fingerprint density at radius 1 is 1.25 bits per heavy atom. The molecule has 0 spiro atoms. The minimum absolute atomic E-state index is 0.00270. The first kappa shape index (κ1) is 26.8. The van der Waals surface area contributed by atoms with Gasteiger partial charge in [0.25, 0.3) is 0 Å². The average Bonchev–Trinajstić information content (AvgIpc) is 3.38. The van der Waals surface area contributed by atoms with Crippen molar-refractivity contribution in [3.63, 3.8) is 0 Å². The van der Waals surface area contributed by atoms with Crippen molar-refractivity contribution in [3.05, 3.63) is 11.9 Å². The molecule has 2 amide bonds. The Morgan fingerprint density at radius 3 is 2.56 bits per heavy atom. The zero-order chi connectivity index (χ0) is 26.5. The largest absolute Gasteiger partial charge is 0.391 e. The molecule has 2 heterocycles. The molecule has 36 heavy (non-hydrogen) atoms. The van der Waals surface area contributed by atoms with E-state index >= 15 is 0 Å². The highest BCUT2D eigenvalue weighted by Crippen LogP contribution is 2.42. The summed E-state index contributed by atoms with van der Waals surface area (Å²) in [6.45, 7) is 5.25. The molecule has 0 bridgehead atoms. The van der Waals surface area contributed by atoms with Crippen LogP contribution in [0, 0.1) is 11.3 Å². The van der Waals surface area contributed by atoms with Gasteiger partial charge in [-0.1, -0.05) is 26.0 Å². The average molecular weight is 516 g/mol. The molecule has 3 aliphatic rings. The predicted octanol–water partition coefficient (Wildman–Crippen LogP) is 2.30. The van der Waals surface area contributed by atoms with Crippen LogP contribution in [0.25, 0.3) is 0 Å². The molecule has 1 aromatic rings. The third-order valence-electron chi connectivity index (χ3n) is 7.58. The molecule has 0 radical (unpaired) electrons. The first-order valence-electron chi connectivity index (χ1n) is 12.6. The second-order valence-electron chi connectivity index (χ2n) is 11.8. The lowest BCUT2D eigenvalue weighted by atomic mass is 9.77. The van der Waals surface area contributed by atoms with Crippen molar-refractivity contribution >= 4 is 11.8 Å². The van der Waals surface area contributed by atoms with Crippen molar-refractivity contribution in [3.8, 4) is 0 Å². The number of aromatic nitrogens is 3. The number of nitrogens with one attached hydrogen (secondary N) is 1. The van der Waals surface area contributed by atoms with E-state index in [4.69, 9.17) is 0 Å². The molecular formula is C24H36F3N5O4. The molecule has 12 heteroatoms. The van der Waals surface area contributed by atoms with E-state index in [1.54, 1.807) is 6.20 Å². The van der Waals surface area contributed by atoms with Gasteiger partial charge < -0.3 is 20.4 Å². The fourth-order valence-electron chi connectivity index (χ4n) is 5.48. The number of nitrogens with zero attached hydrogens (tertiary/aromatic N) is 4. The van der Waals surface area contributed by atoms with Crippen LogP contribution in [-0.2, 0) is 9.59 Å². The van der Waals surface area contributed by atoms with Gasteiger partial charge >= 0.3 is 6.18 Å². The molecule has 3 fully saturated rings. The Kier molecular flexibility index (Phi) is 7.15. The number of hydrogen-bond donors (Lipinski definition) is 3. The van der Waals surface area contributed by atoms with Crippen molar-refractivity contribution in [1.82, 2.24) is 25.2 Å². The van der Waals surface area contributed by atoms with Crippen LogP contribution in [0.3, 0.4) is 0 Å². The van der Waals surface area contributed by atoms with Crippen molar-refractivity contribution in [2.24, 2.45) is 11.3 Å². The summed E-state index contributed by atoms with van der Waals surface area (Å²) in [5, 5.41) is 32.0. The first-order chi connectivity index (χ1) is 16.7. The normalized spacial score (nSPS) is 30.3. The highest BCUT2D eigenvalue weighted by Gasteiger charge is 2.48. The van der Waals surface area contributed by atoms with E-state index in [1.807, 2.05) is 20.8 Å². The van der Waals surface area contributed by atoms with Crippen LogP contribution in [0.15, 0.2) is 6.20 Å². The van der Waals surface area contributed by atoms with E-state index in [0.29, 0.717) is 5.92 Å². The zero-order valence-electron chi connectivity index (χ0n) is 21.0. The number of hydrogen-bond acceptors (Lipinski definition) is 6. The van der Waals surface area contributed by atoms with E-state index in [1.165, 1.54) is 9.58 Å². The molecule has 5 atom stereocenters. The molecule has 2 aliphatic carbocycles. The van der Waals surface area contributed by atoms with Gasteiger partial charge in [0.1, 0.15) is 12.1 Å². The van der Waals surface area contributed by atoms with Gasteiger partial charge in [-0.05, 0) is 43.9 Å². The van der Waals surface area contributed by atoms with Gasteiger partial charge in [0.15, 0.2) is 0 Å². The summed E-state index contributed by atoms with van der Waals surface area (Å²) < 4.78 is 41.1. The zero-order valence-corrected chi connectivity index (χ0v) is 21.0. The number of halogens is 3. The lowest BCUT2D eigenvalue weighted by Crippen LogP contribution is -2.54. The number of amides is 2. The van der Waals surface area contributed by atoms with Gasteiger partial charge in [0, 0.05) is 31.6 Å². The van der Waals surface area contributed by atoms with E-state index in [9.17, 15) is 33.0 Å². The third-order valence-corrected chi connectivity index (χ3v) is 7.58. The second kappa shape index (κ2) is 9.59. The van der Waals surface area contributed by atoms with Crippen molar-refractivity contribution in [1.29, 1.82) is 0 Å². The minimum atomic E-state index is -4.40. The van der Waals surface area contributed by atoms with Gasteiger partial charge in [-0.3, -0.25) is 9.59 Å². The van der Waals surface area contributed by atoms with Crippen LogP contribution < -0.4 is 5.32 Å². The monoisotopic (exact) mass is 515 g/mol. The van der Waals surface area contributed by atoms with Crippen molar-refractivity contribution in [2.45, 2.75) is 102 Å². The van der Waals surface area contributed by atoms with Gasteiger partial charge in [-0.15, -0.1) is 5.10 Å². The van der Waals surface area contributed by atoms with E-state index in [2.05, 4.69) is 15.6 Å². The van der Waals surface area contributed by atoms with Crippen LogP contribution >= 0.6 is 0 Å². The van der Waals surface area contributed by atoms with E-state index < -0.39 is 53.6 Å². The highest BCUT2D eigenvalue weighted by atomic mass is 19.4. The summed E-state index contributed by atoms with van der Waals surface area (Å²) in [6.07, 6.45) is -1.66. The van der Waals surface area contributed by atoms with Crippen LogP contribution in [-0.4, -0.2) is 78.9 Å². The summed E-state index contributed by atoms with van der Waals surface area (Å²) in [6, 6.07) is -1.78. The Labute approximate surface area is 208 Å². The Bertz CT molecular complexity index is 974. The van der Waals surface area contributed by atoms with Crippen LogP contribution in [0.1, 0.15) is 83.4 Å². The van der Waals surface area contributed by atoms with Gasteiger partial charge in [0.2, 0.25) is 11.8 Å². The summed E-state index contributed by atoms with van der Waals surface area (Å²) >= 11 is 0. The number of carbonyl (C=O) groups excluding carboxylic acids is 2. The van der Waals surface area contributed by atoms with E-state index in [-0.39, 0.29) is 44.7 Å². The number of aliphatic hydroxyl groups excluding tert-OH is 1. The minimum Gasteiger partial charge on any atom is -0.391 e. The fraction of sp³-hybridized carbons (Fsp3) is 0.833. The Hall–Kier alpha value is -2.21. The van der Waals surface area contributed by atoms with Crippen LogP contribution in [0.2, 0.25) is 0 Å². The molecule has 202 valence electrons. The van der Waals surface area contributed by atoms with Gasteiger partial charge in [-0.25, -0.2) is 4.68 Å². The number of rotatable bonds is 6. The topological polar surface area (TPSA) is 121 Å². The molecular weight excluding hydrogens is 479 g/mol. The third kappa shape index (κ3) is 5.85. The van der Waals surface area contributed by atoms with Crippen LogP contribution in [0.5, 0.6) is 0 Å². The van der Waals surface area contributed by atoms with Crippen molar-refractivity contribution in [2.75, 3.05) is 13.1 Å². The lowest BCUT2D eigenvalue weighted by molar-refractivity contribution is -0.200. The molecule has 2 saturated carbocycles. The number of carbonyl (C=O) groups is 2. The molecule has 4 rings (SSSR count). The smallest absolute Gasteiger partial charge is 0.391 e. The second-order valence-corrected chi connectivity index (χ2v) is 11.8. The van der Waals surface area contributed by atoms with E-state index in [0.717, 1.165) is 18.5 Å². The summed E-state index contributed by atoms with van der Waals surface area (Å²) in [7, 11) is 0. The molecule has 1 aliphatic heterocycles. The number of β-amino-alcohol motifs (C(OH)–C–C–N with tert-alkyl or cyclic N) is 1. The molecule has 1 aromatic heterocycles. The molecule has 9 nitrogen and oxygen atoms in total. The maximum absolute atomic E-state index is 13.7. The number of alkyl halides is 3. The lowest BCUT2D eigenvalue weighted by Gasteiger charge is -2.38. The SMILES string of the molecule is CC(C)(C)[C@@H](C(=O)N1CC(O)CC1C(=O)NCC1(O)CCCC(C(F)(F)F)C1)n1cc(C2CC2)nn1. The first-order valence-corrected chi connectivity index (χ1v) is 12.6. The molecule has 1 saturated heterocycles. The van der Waals surface area contributed by atoms with Gasteiger partial charge in [-0.2, -0.15) is 13.2 Å².